The van der Waals surface area contributed by atoms with Gasteiger partial charge in [-0.15, -0.1) is 0 Å². The van der Waals surface area contributed by atoms with Crippen LogP contribution in [0.5, 0.6) is 5.75 Å². The second kappa shape index (κ2) is 32.3. The fourth-order valence-electron chi connectivity index (χ4n) is 8.85. The van der Waals surface area contributed by atoms with E-state index in [0.29, 0.717) is 38.8 Å². The third-order valence-electron chi connectivity index (χ3n) is 13.6. The monoisotopic (exact) mass is 1260 g/mol. The molecule has 17 N–H and O–H groups in total. The zero-order valence-corrected chi connectivity index (χ0v) is 48.9. The number of fused-ring (bicyclic) bond motifs is 1. The van der Waals surface area contributed by atoms with Crippen LogP contribution < -0.4 is 59.7 Å². The van der Waals surface area contributed by atoms with Crippen molar-refractivity contribution in [3.05, 3.63) is 117 Å². The number of halogens is 1. The maximum atomic E-state index is 14.2. The Morgan fingerprint density at radius 3 is 1.89 bits per heavy atom. The summed E-state index contributed by atoms with van der Waals surface area (Å²) in [5.74, 6) is -7.80. The van der Waals surface area contributed by atoms with Crippen molar-refractivity contribution in [1.29, 1.82) is 0 Å². The molecule has 8 atom stereocenters. The summed E-state index contributed by atoms with van der Waals surface area (Å²) < 4.78 is 0.536. The third-order valence-corrected chi connectivity index (χ3v) is 14.4. The van der Waals surface area contributed by atoms with Gasteiger partial charge < -0.3 is 74.8 Å². The Bertz CT molecular complexity index is 3050. The SMILES string of the molecule is CCCC[C@H](NC(=O)[C@@H](Cc1ccccc1)NC(=O)[C@H](Cc1cnc[nH]1)NC(=O)CCNC(=O)[C@@H](NC(=O)[C@H](C)NC(=O)[C@H](Cc1c[nH]c2ccccc12)NC(=O)[C@H](CCC(N)=O)NC(=O)[C@H](N)Cc1ccc(O)c([125I])c1)C(C)C)C(N)=O. The van der Waals surface area contributed by atoms with E-state index in [2.05, 4.69) is 57.5 Å². The molecular formula is C57H75IN14O11. The zero-order valence-electron chi connectivity index (χ0n) is 46.7. The van der Waals surface area contributed by atoms with E-state index in [1.807, 2.05) is 47.7 Å². The minimum atomic E-state index is -1.39. The lowest BCUT2D eigenvalue weighted by Gasteiger charge is -2.26. The molecule has 446 valence electrons. The van der Waals surface area contributed by atoms with E-state index in [9.17, 15) is 53.1 Å². The number of rotatable bonds is 33. The Morgan fingerprint density at radius 1 is 0.627 bits per heavy atom. The fraction of sp³-hybridized carbons (Fsp3) is 0.421. The molecule has 2 aromatic heterocycles. The van der Waals surface area contributed by atoms with Crippen molar-refractivity contribution in [1.82, 2.24) is 57.5 Å². The second-order valence-electron chi connectivity index (χ2n) is 20.5. The molecule has 25 nitrogen and oxygen atoms in total. The van der Waals surface area contributed by atoms with Crippen molar-refractivity contribution in [2.75, 3.05) is 6.54 Å². The predicted octanol–water partition coefficient (Wildman–Crippen LogP) is 0.316. The van der Waals surface area contributed by atoms with Crippen LogP contribution in [-0.2, 0) is 73.6 Å². The standard InChI is InChI=1S/C57H75IN14O11/c1-5-6-15-41(50(61)76)68-55(81)43(25-33-12-8-7-9-13-33)70-56(82)45(27-36-29-62-30-65-36)67-48(75)21-22-63-57(83)49(31(2)3)72-51(77)32(4)66-54(80)44(26-35-28-64-40-16-11-10-14-37(35)40)71-53(79)42(18-20-47(60)74)69-52(78)39(59)24-34-17-19-46(73)38(58)23-34/h7-14,16-17,19,23,28-32,39,41-45,49,64,73H,5-6,15,18,20-22,24-27,59H2,1-4H3,(H2,60,74)(H2,61,76)(H,62,65)(H,63,83)(H,66,80)(H,67,75)(H,68,81)(H,69,78)(H,70,82)(H,71,79)(H,72,77)/t32-,39+,41-,42-,43+,44-,45-,49-/m0/s1/i58-2. The number of nitrogens with one attached hydrogen (secondary N) is 10. The Morgan fingerprint density at radius 2 is 1.25 bits per heavy atom. The number of phenolic OH excluding ortho intramolecular Hbond substituents is 1. The van der Waals surface area contributed by atoms with Crippen LogP contribution >= 0.6 is 22.6 Å². The van der Waals surface area contributed by atoms with E-state index in [4.69, 9.17) is 17.2 Å². The lowest BCUT2D eigenvalue weighted by molar-refractivity contribution is -0.135. The topological polar surface area (TPSA) is 410 Å². The van der Waals surface area contributed by atoms with Crippen molar-refractivity contribution in [2.45, 2.75) is 140 Å². The van der Waals surface area contributed by atoms with Gasteiger partial charge in [-0.1, -0.05) is 88.2 Å². The molecule has 0 bridgehead atoms. The number of benzene rings is 3. The van der Waals surface area contributed by atoms with E-state index in [-0.39, 0.29) is 57.2 Å². The van der Waals surface area contributed by atoms with Gasteiger partial charge in [0.25, 0.3) is 0 Å². The number of aromatic nitrogens is 3. The summed E-state index contributed by atoms with van der Waals surface area (Å²) in [6.45, 7) is 6.41. The van der Waals surface area contributed by atoms with Gasteiger partial charge in [0.15, 0.2) is 0 Å². The molecule has 5 aromatic rings. The number of phenols is 1. The Hall–Kier alpha value is -8.40. The van der Waals surface area contributed by atoms with Crippen LogP contribution in [-0.4, -0.2) is 134 Å². The van der Waals surface area contributed by atoms with Crippen molar-refractivity contribution in [3.63, 3.8) is 0 Å². The number of hydrogen-bond donors (Lipinski definition) is 14. The molecule has 0 radical (unpaired) electrons. The molecule has 26 heteroatoms. The van der Waals surface area contributed by atoms with E-state index in [0.717, 1.165) is 17.3 Å². The minimum absolute atomic E-state index is 0.0362. The molecule has 0 aliphatic carbocycles. The molecule has 0 unspecified atom stereocenters. The van der Waals surface area contributed by atoms with Crippen LogP contribution in [0.3, 0.4) is 0 Å². The summed E-state index contributed by atoms with van der Waals surface area (Å²) in [7, 11) is 0. The van der Waals surface area contributed by atoms with Gasteiger partial charge >= 0.3 is 0 Å². The average molecular weight is 1260 g/mol. The number of primary amides is 2. The van der Waals surface area contributed by atoms with Crippen LogP contribution in [0.4, 0.5) is 0 Å². The first-order valence-electron chi connectivity index (χ1n) is 27.3. The van der Waals surface area contributed by atoms with Gasteiger partial charge in [0.05, 0.1) is 15.9 Å². The van der Waals surface area contributed by atoms with E-state index < -0.39 is 113 Å². The molecule has 0 saturated carbocycles. The lowest BCUT2D eigenvalue weighted by Crippen LogP contribution is -2.59. The van der Waals surface area contributed by atoms with Gasteiger partial charge in [-0.05, 0) is 89.6 Å². The molecule has 0 saturated heterocycles. The summed E-state index contributed by atoms with van der Waals surface area (Å²) in [6, 6.07) is 11.1. The van der Waals surface area contributed by atoms with Gasteiger partial charge in [-0.3, -0.25) is 47.9 Å². The first kappa shape index (κ1) is 65.4. The number of amides is 10. The van der Waals surface area contributed by atoms with E-state index in [1.165, 1.54) is 25.5 Å². The molecule has 10 amide bonds. The lowest BCUT2D eigenvalue weighted by atomic mass is 10.0. The average Bonchev–Trinajstić information content (AvgIpc) is 4.34. The first-order chi connectivity index (χ1) is 39.5. The number of aromatic amines is 2. The van der Waals surface area contributed by atoms with Crippen molar-refractivity contribution in [3.8, 4) is 5.75 Å². The highest BCUT2D eigenvalue weighted by Gasteiger charge is 2.34. The number of aromatic hydroxyl groups is 1. The number of para-hydroxylation sites is 1. The molecule has 0 aliphatic heterocycles. The molecule has 0 fully saturated rings. The van der Waals surface area contributed by atoms with Crippen LogP contribution in [0, 0.1) is 9.49 Å². The summed E-state index contributed by atoms with van der Waals surface area (Å²) in [5.41, 5.74) is 20.5. The maximum Gasteiger partial charge on any atom is 0.243 e. The Balaban J connectivity index is 1.23. The van der Waals surface area contributed by atoms with Gasteiger partial charge in [0, 0.05) is 67.6 Å². The molecular weight excluding hydrogens is 1180 g/mol. The second-order valence-corrected chi connectivity index (χ2v) is 21.7. The summed E-state index contributed by atoms with van der Waals surface area (Å²) in [6.07, 6.45) is 5.23. The largest absolute Gasteiger partial charge is 0.507 e. The van der Waals surface area contributed by atoms with Crippen molar-refractivity contribution >= 4 is 92.6 Å². The first-order valence-corrected chi connectivity index (χ1v) is 28.4. The Labute approximate surface area is 493 Å². The predicted molar refractivity (Wildman–Crippen MR) is 316 cm³/mol. The van der Waals surface area contributed by atoms with E-state index in [1.54, 1.807) is 68.6 Å². The highest BCUT2D eigenvalue weighted by atomic mass is 125. The number of carbonyl (C=O) groups is 10. The number of imidazole rings is 1. The van der Waals surface area contributed by atoms with E-state index >= 15 is 0 Å². The van der Waals surface area contributed by atoms with Crippen LogP contribution in [0.1, 0.15) is 88.6 Å². The highest BCUT2D eigenvalue weighted by Crippen LogP contribution is 2.22. The summed E-state index contributed by atoms with van der Waals surface area (Å²) in [5, 5.41) is 32.0. The third kappa shape index (κ3) is 20.8. The Kier molecular flexibility index (Phi) is 25.5. The smallest absolute Gasteiger partial charge is 0.243 e. The molecule has 0 aliphatic rings. The molecule has 2 heterocycles. The highest BCUT2D eigenvalue weighted by molar-refractivity contribution is 14.1. The van der Waals surface area contributed by atoms with Gasteiger partial charge in [0.1, 0.15) is 48.0 Å². The summed E-state index contributed by atoms with van der Waals surface area (Å²) in [4.78, 5) is 145. The normalized spacial score (nSPS) is 14.1. The van der Waals surface area contributed by atoms with Crippen molar-refractivity contribution in [2.24, 2.45) is 23.1 Å². The number of H-pyrrole nitrogens is 2. The molecule has 5 rings (SSSR count). The zero-order chi connectivity index (χ0) is 60.8. The number of carbonyl (C=O) groups excluding carboxylic acids is 10. The number of unbranched alkanes of at least 4 members (excludes halogenated alkanes) is 1. The quantitative estimate of drug-likeness (QED) is 0.0252. The molecule has 0 spiro atoms. The number of hydrogen-bond acceptors (Lipinski definition) is 13. The number of nitrogens with zero attached hydrogens (tertiary/aromatic N) is 1. The van der Waals surface area contributed by atoms with Crippen molar-refractivity contribution < 1.29 is 53.1 Å². The van der Waals surface area contributed by atoms with Crippen LogP contribution in [0.25, 0.3) is 10.9 Å². The van der Waals surface area contributed by atoms with Gasteiger partial charge in [-0.2, -0.15) is 0 Å². The van der Waals surface area contributed by atoms with Gasteiger partial charge in [0.2, 0.25) is 59.1 Å². The van der Waals surface area contributed by atoms with Crippen LogP contribution in [0.2, 0.25) is 0 Å². The number of nitrogens with two attached hydrogens (primary N) is 3. The molecule has 83 heavy (non-hydrogen) atoms. The van der Waals surface area contributed by atoms with Gasteiger partial charge in [-0.25, -0.2) is 4.98 Å². The fourth-order valence-corrected chi connectivity index (χ4v) is 9.43. The summed E-state index contributed by atoms with van der Waals surface area (Å²) >= 11 is 1.93. The maximum absolute atomic E-state index is 14.2. The molecule has 3 aromatic carbocycles. The van der Waals surface area contributed by atoms with Crippen LogP contribution in [0.15, 0.2) is 91.5 Å². The minimum Gasteiger partial charge on any atom is -0.507 e.